The Hall–Kier alpha value is -0.870. The zero-order valence-corrected chi connectivity index (χ0v) is 8.29. The highest BCUT2D eigenvalue weighted by molar-refractivity contribution is 6.00. The van der Waals surface area contributed by atoms with E-state index >= 15 is 0 Å². The van der Waals surface area contributed by atoms with Crippen molar-refractivity contribution in [2.45, 2.75) is 19.4 Å². The number of carbonyl (C=O) groups excluding carboxylic acids is 1. The van der Waals surface area contributed by atoms with Crippen LogP contribution in [0.15, 0.2) is 11.8 Å². The summed E-state index contributed by atoms with van der Waals surface area (Å²) in [4.78, 5) is 12.1. The molecule has 2 heterocycles. The van der Waals surface area contributed by atoms with Gasteiger partial charge in [0.05, 0.1) is 31.5 Å². The van der Waals surface area contributed by atoms with Gasteiger partial charge in [-0.2, -0.15) is 0 Å². The molecule has 2 atom stereocenters. The van der Waals surface area contributed by atoms with Crippen molar-refractivity contribution < 1.29 is 14.3 Å². The maximum absolute atomic E-state index is 12.1. The first-order valence-corrected chi connectivity index (χ1v) is 4.83. The molecule has 0 spiro atoms. The Balaban J connectivity index is 2.17. The topological polar surface area (TPSA) is 61.5 Å². The molecule has 2 rings (SSSR count). The number of carbonyl (C=O) groups is 1. The summed E-state index contributed by atoms with van der Waals surface area (Å²) in [6.07, 6.45) is 2.25. The lowest BCUT2D eigenvalue weighted by Crippen LogP contribution is -2.44. The van der Waals surface area contributed by atoms with Crippen LogP contribution in [0.1, 0.15) is 13.3 Å². The Morgan fingerprint density at radius 2 is 2.50 bits per heavy atom. The van der Waals surface area contributed by atoms with E-state index in [9.17, 15) is 4.79 Å². The van der Waals surface area contributed by atoms with Crippen molar-refractivity contribution in [2.24, 2.45) is 11.1 Å². The van der Waals surface area contributed by atoms with E-state index in [0.717, 1.165) is 5.57 Å². The quantitative estimate of drug-likeness (QED) is 0.688. The average molecular weight is 197 g/mol. The highest BCUT2D eigenvalue weighted by Gasteiger charge is 2.45. The Morgan fingerprint density at radius 1 is 1.71 bits per heavy atom. The standard InChI is InChI=1S/C10H15NO3/c1-10(6-14-5-8(10)11)9(12)7-2-3-13-4-7/h4,8H,2-3,5-6,11H2,1H3. The second kappa shape index (κ2) is 3.37. The maximum atomic E-state index is 12.1. The number of ketones is 1. The monoisotopic (exact) mass is 197 g/mol. The van der Waals surface area contributed by atoms with Crippen LogP contribution in [-0.4, -0.2) is 31.6 Å². The molecule has 2 unspecified atom stereocenters. The van der Waals surface area contributed by atoms with E-state index in [1.807, 2.05) is 6.92 Å². The van der Waals surface area contributed by atoms with Crippen LogP contribution in [0.2, 0.25) is 0 Å². The van der Waals surface area contributed by atoms with Crippen LogP contribution < -0.4 is 5.73 Å². The Morgan fingerprint density at radius 3 is 3.00 bits per heavy atom. The predicted molar refractivity (Wildman–Crippen MR) is 50.6 cm³/mol. The van der Waals surface area contributed by atoms with E-state index in [0.29, 0.717) is 26.2 Å². The van der Waals surface area contributed by atoms with Crippen molar-refractivity contribution >= 4 is 5.78 Å². The van der Waals surface area contributed by atoms with Crippen LogP contribution in [-0.2, 0) is 14.3 Å². The van der Waals surface area contributed by atoms with Gasteiger partial charge in [-0.15, -0.1) is 0 Å². The average Bonchev–Trinajstić information content (AvgIpc) is 2.77. The molecule has 0 saturated carbocycles. The summed E-state index contributed by atoms with van der Waals surface area (Å²) in [5.41, 5.74) is 6.06. The third-order valence-corrected chi connectivity index (χ3v) is 3.04. The molecule has 0 aromatic carbocycles. The molecule has 78 valence electrons. The maximum Gasteiger partial charge on any atom is 0.171 e. The number of Topliss-reactive ketones (excluding diaryl/α,β-unsaturated/α-hetero) is 1. The lowest BCUT2D eigenvalue weighted by Gasteiger charge is -2.24. The molecule has 4 nitrogen and oxygen atoms in total. The molecule has 1 fully saturated rings. The van der Waals surface area contributed by atoms with Gasteiger partial charge in [-0.05, 0) is 6.92 Å². The van der Waals surface area contributed by atoms with Gasteiger partial charge in [0, 0.05) is 18.0 Å². The van der Waals surface area contributed by atoms with Gasteiger partial charge in [-0.25, -0.2) is 0 Å². The highest BCUT2D eigenvalue weighted by Crippen LogP contribution is 2.32. The molecule has 2 N–H and O–H groups in total. The van der Waals surface area contributed by atoms with Gasteiger partial charge >= 0.3 is 0 Å². The van der Waals surface area contributed by atoms with Crippen LogP contribution in [0.4, 0.5) is 0 Å². The summed E-state index contributed by atoms with van der Waals surface area (Å²) in [6, 6.07) is -0.198. The highest BCUT2D eigenvalue weighted by atomic mass is 16.5. The van der Waals surface area contributed by atoms with Crippen molar-refractivity contribution in [3.05, 3.63) is 11.8 Å². The molecule has 2 aliphatic heterocycles. The lowest BCUT2D eigenvalue weighted by molar-refractivity contribution is -0.124. The number of hydrogen-bond acceptors (Lipinski definition) is 4. The zero-order chi connectivity index (χ0) is 10.2. The van der Waals surface area contributed by atoms with Gasteiger partial charge in [0.2, 0.25) is 0 Å². The van der Waals surface area contributed by atoms with Crippen molar-refractivity contribution in [3.63, 3.8) is 0 Å². The molecule has 14 heavy (non-hydrogen) atoms. The Labute approximate surface area is 83.1 Å². The number of nitrogens with two attached hydrogens (primary N) is 1. The molecule has 0 amide bonds. The minimum Gasteiger partial charge on any atom is -0.500 e. The minimum atomic E-state index is -0.556. The Bertz CT molecular complexity index is 287. The third-order valence-electron chi connectivity index (χ3n) is 3.04. The second-order valence-electron chi connectivity index (χ2n) is 4.13. The van der Waals surface area contributed by atoms with Crippen molar-refractivity contribution in [1.82, 2.24) is 0 Å². The fourth-order valence-corrected chi connectivity index (χ4v) is 1.84. The zero-order valence-electron chi connectivity index (χ0n) is 8.29. The van der Waals surface area contributed by atoms with E-state index in [-0.39, 0.29) is 11.8 Å². The SMILES string of the molecule is CC1(C(=O)C2=COCC2)COCC1N. The molecular weight excluding hydrogens is 182 g/mol. The summed E-state index contributed by atoms with van der Waals surface area (Å²) < 4.78 is 10.3. The molecule has 2 aliphatic rings. The first-order valence-electron chi connectivity index (χ1n) is 4.83. The number of ether oxygens (including phenoxy) is 2. The predicted octanol–water partition coefficient (Wildman–Crippen LogP) is 0.224. The molecule has 0 radical (unpaired) electrons. The van der Waals surface area contributed by atoms with E-state index in [1.165, 1.54) is 0 Å². The van der Waals surface area contributed by atoms with Gasteiger partial charge in [-0.1, -0.05) is 0 Å². The molecule has 4 heteroatoms. The van der Waals surface area contributed by atoms with Crippen molar-refractivity contribution in [2.75, 3.05) is 19.8 Å². The van der Waals surface area contributed by atoms with Crippen molar-refractivity contribution in [3.8, 4) is 0 Å². The van der Waals surface area contributed by atoms with Gasteiger partial charge in [0.15, 0.2) is 5.78 Å². The lowest BCUT2D eigenvalue weighted by atomic mass is 9.78. The number of rotatable bonds is 2. The summed E-state index contributed by atoms with van der Waals surface area (Å²) in [5.74, 6) is 0.0833. The van der Waals surface area contributed by atoms with E-state index < -0.39 is 5.41 Å². The third kappa shape index (κ3) is 1.35. The van der Waals surface area contributed by atoms with E-state index in [4.69, 9.17) is 15.2 Å². The first-order chi connectivity index (χ1) is 6.64. The normalized spacial score (nSPS) is 36.7. The van der Waals surface area contributed by atoms with Gasteiger partial charge in [0.1, 0.15) is 0 Å². The van der Waals surface area contributed by atoms with Gasteiger partial charge in [-0.3, -0.25) is 4.79 Å². The van der Waals surface area contributed by atoms with Gasteiger partial charge in [0.25, 0.3) is 0 Å². The second-order valence-corrected chi connectivity index (χ2v) is 4.13. The summed E-state index contributed by atoms with van der Waals surface area (Å²) in [7, 11) is 0. The summed E-state index contributed by atoms with van der Waals surface area (Å²) in [5, 5.41) is 0. The van der Waals surface area contributed by atoms with Crippen LogP contribution >= 0.6 is 0 Å². The van der Waals surface area contributed by atoms with Crippen molar-refractivity contribution in [1.29, 1.82) is 0 Å². The first kappa shape index (κ1) is 9.68. The molecule has 0 aliphatic carbocycles. The summed E-state index contributed by atoms with van der Waals surface area (Å²) >= 11 is 0. The summed E-state index contributed by atoms with van der Waals surface area (Å²) in [6.45, 7) is 3.36. The number of hydrogen-bond donors (Lipinski definition) is 1. The molecule has 1 saturated heterocycles. The van der Waals surface area contributed by atoms with Crippen LogP contribution in [0.5, 0.6) is 0 Å². The van der Waals surface area contributed by atoms with Crippen LogP contribution in [0, 0.1) is 5.41 Å². The fraction of sp³-hybridized carbons (Fsp3) is 0.700. The molecule has 0 aromatic heterocycles. The van der Waals surface area contributed by atoms with E-state index in [1.54, 1.807) is 6.26 Å². The van der Waals surface area contributed by atoms with Crippen LogP contribution in [0.3, 0.4) is 0 Å². The van der Waals surface area contributed by atoms with Gasteiger partial charge < -0.3 is 15.2 Å². The fourth-order valence-electron chi connectivity index (χ4n) is 1.84. The van der Waals surface area contributed by atoms with Crippen LogP contribution in [0.25, 0.3) is 0 Å². The Kier molecular flexibility index (Phi) is 2.33. The minimum absolute atomic E-state index is 0.0833. The largest absolute Gasteiger partial charge is 0.500 e. The molecular formula is C10H15NO3. The van der Waals surface area contributed by atoms with E-state index in [2.05, 4.69) is 0 Å². The smallest absolute Gasteiger partial charge is 0.171 e. The molecule has 0 bridgehead atoms. The molecule has 0 aromatic rings.